The molecule has 0 spiro atoms. The van der Waals surface area contributed by atoms with Crippen LogP contribution in [-0.2, 0) is 0 Å². The number of aromatic nitrogens is 6. The molecule has 6 rings (SSSR count). The Hall–Kier alpha value is -3.77. The highest BCUT2D eigenvalue weighted by Gasteiger charge is 2.29. The summed E-state index contributed by atoms with van der Waals surface area (Å²) in [5.41, 5.74) is 4.45. The van der Waals surface area contributed by atoms with E-state index in [0.717, 1.165) is 38.8 Å². The molecule has 5 aromatic rings. The van der Waals surface area contributed by atoms with E-state index >= 15 is 0 Å². The Labute approximate surface area is 220 Å². The number of hydrogen-bond acceptors (Lipinski definition) is 9. The fourth-order valence-electron chi connectivity index (χ4n) is 4.65. The van der Waals surface area contributed by atoms with E-state index in [1.165, 1.54) is 11.3 Å². The van der Waals surface area contributed by atoms with Crippen LogP contribution >= 0.6 is 22.7 Å². The Morgan fingerprint density at radius 1 is 1.05 bits per heavy atom. The Kier molecular flexibility index (Phi) is 5.92. The standard InChI is InChI=1S/C25H24N8O2S2/c1-13-10-21-29-30-22(14(2)33(21)31-13)25(35)32-8-6-16(7-9-32)24-28-19(12-36-24)23(34)27-17-4-5-20-18(11-17)26-15(3)37-20/h4-5,10-12,16H,6-9H2,1-3H3,(H,27,34). The van der Waals surface area contributed by atoms with Crippen LogP contribution in [0.5, 0.6) is 0 Å². The molecule has 1 aliphatic rings. The summed E-state index contributed by atoms with van der Waals surface area (Å²) in [5.74, 6) is -0.168. The summed E-state index contributed by atoms with van der Waals surface area (Å²) in [4.78, 5) is 36.9. The quantitative estimate of drug-likeness (QED) is 0.365. The Morgan fingerprint density at radius 2 is 1.86 bits per heavy atom. The summed E-state index contributed by atoms with van der Waals surface area (Å²) in [6.45, 7) is 6.88. The van der Waals surface area contributed by atoms with Gasteiger partial charge in [0.05, 0.1) is 31.6 Å². The summed E-state index contributed by atoms with van der Waals surface area (Å²) >= 11 is 3.12. The van der Waals surface area contributed by atoms with Crippen molar-refractivity contribution in [3.05, 3.63) is 62.4 Å². The first-order chi connectivity index (χ1) is 17.9. The molecule has 1 aliphatic heterocycles. The van der Waals surface area contributed by atoms with Crippen molar-refractivity contribution in [3.8, 4) is 0 Å². The van der Waals surface area contributed by atoms with Crippen LogP contribution in [-0.4, -0.2) is 59.6 Å². The number of thiazole rings is 2. The van der Waals surface area contributed by atoms with E-state index in [9.17, 15) is 9.59 Å². The average molecular weight is 533 g/mol. The van der Waals surface area contributed by atoms with Crippen molar-refractivity contribution >= 4 is 56.0 Å². The molecule has 1 fully saturated rings. The highest BCUT2D eigenvalue weighted by atomic mass is 32.1. The molecule has 12 heteroatoms. The number of nitrogens with one attached hydrogen (secondary N) is 1. The minimum atomic E-state index is -0.236. The Morgan fingerprint density at radius 3 is 2.68 bits per heavy atom. The van der Waals surface area contributed by atoms with E-state index in [1.807, 2.05) is 49.9 Å². The van der Waals surface area contributed by atoms with Crippen LogP contribution in [0.25, 0.3) is 15.9 Å². The first kappa shape index (κ1) is 23.6. The fourth-order valence-corrected chi connectivity index (χ4v) is 6.43. The highest BCUT2D eigenvalue weighted by molar-refractivity contribution is 7.18. The van der Waals surface area contributed by atoms with Crippen molar-refractivity contribution in [3.63, 3.8) is 0 Å². The number of carbonyl (C=O) groups is 2. The van der Waals surface area contributed by atoms with E-state index in [1.54, 1.807) is 21.2 Å². The summed E-state index contributed by atoms with van der Waals surface area (Å²) in [5, 5.41) is 19.4. The van der Waals surface area contributed by atoms with Crippen LogP contribution in [0.4, 0.5) is 5.69 Å². The van der Waals surface area contributed by atoms with Gasteiger partial charge in [0.15, 0.2) is 11.3 Å². The SMILES string of the molecule is Cc1cc2nnc(C(=O)N3CCC(c4nc(C(=O)Nc5ccc6sc(C)nc6c5)cs4)CC3)c(C)n2n1. The van der Waals surface area contributed by atoms with E-state index in [0.29, 0.717) is 41.5 Å². The molecular weight excluding hydrogens is 508 g/mol. The average Bonchev–Trinajstić information content (AvgIpc) is 3.61. The molecule has 0 aliphatic carbocycles. The zero-order chi connectivity index (χ0) is 25.7. The third-order valence-corrected chi connectivity index (χ3v) is 8.53. The molecular formula is C25H24N8O2S2. The first-order valence-electron chi connectivity index (χ1n) is 12.0. The summed E-state index contributed by atoms with van der Waals surface area (Å²) in [6.07, 6.45) is 1.55. The van der Waals surface area contributed by atoms with Crippen LogP contribution in [0, 0.1) is 20.8 Å². The molecule has 37 heavy (non-hydrogen) atoms. The Bertz CT molecular complexity index is 1660. The topological polar surface area (TPSA) is 118 Å². The molecule has 0 radical (unpaired) electrons. The lowest BCUT2D eigenvalue weighted by Crippen LogP contribution is -2.39. The number of carbonyl (C=O) groups excluding carboxylic acids is 2. The first-order valence-corrected chi connectivity index (χ1v) is 13.7. The largest absolute Gasteiger partial charge is 0.337 e. The van der Waals surface area contributed by atoms with Gasteiger partial charge in [0.25, 0.3) is 11.8 Å². The van der Waals surface area contributed by atoms with Gasteiger partial charge in [-0.1, -0.05) is 0 Å². The predicted molar refractivity (Wildman–Crippen MR) is 143 cm³/mol. The van der Waals surface area contributed by atoms with Crippen LogP contribution in [0.3, 0.4) is 0 Å². The van der Waals surface area contributed by atoms with Gasteiger partial charge in [-0.05, 0) is 51.8 Å². The Balaban J connectivity index is 1.10. The van der Waals surface area contributed by atoms with Crippen LogP contribution in [0.1, 0.15) is 61.1 Å². The van der Waals surface area contributed by atoms with Crippen molar-refractivity contribution in [1.29, 1.82) is 0 Å². The molecule has 1 aromatic carbocycles. The van der Waals surface area contributed by atoms with Crippen molar-refractivity contribution in [1.82, 2.24) is 34.7 Å². The van der Waals surface area contributed by atoms with Crippen LogP contribution < -0.4 is 5.32 Å². The van der Waals surface area contributed by atoms with Gasteiger partial charge in [-0.25, -0.2) is 14.5 Å². The second-order valence-electron chi connectivity index (χ2n) is 9.20. The zero-order valence-corrected chi connectivity index (χ0v) is 22.2. The smallest absolute Gasteiger partial charge is 0.276 e. The third kappa shape index (κ3) is 4.46. The van der Waals surface area contributed by atoms with Crippen molar-refractivity contribution < 1.29 is 9.59 Å². The number of benzene rings is 1. The number of nitrogens with zero attached hydrogens (tertiary/aromatic N) is 7. The van der Waals surface area contributed by atoms with Gasteiger partial charge in [0, 0.05) is 36.1 Å². The minimum absolute atomic E-state index is 0.134. The lowest BCUT2D eigenvalue weighted by atomic mass is 9.97. The van der Waals surface area contributed by atoms with Crippen LogP contribution in [0.2, 0.25) is 0 Å². The van der Waals surface area contributed by atoms with Crippen molar-refractivity contribution in [2.75, 3.05) is 18.4 Å². The van der Waals surface area contributed by atoms with Gasteiger partial charge in [0.1, 0.15) is 5.69 Å². The molecule has 0 unspecified atom stereocenters. The fraction of sp³-hybridized carbons (Fsp3) is 0.320. The number of likely N-dealkylation sites (tertiary alicyclic amines) is 1. The third-order valence-electron chi connectivity index (χ3n) is 6.57. The maximum absolute atomic E-state index is 13.2. The lowest BCUT2D eigenvalue weighted by Gasteiger charge is -2.31. The summed E-state index contributed by atoms with van der Waals surface area (Å²) in [6, 6.07) is 7.57. The second kappa shape index (κ2) is 9.27. The molecule has 5 heterocycles. The molecule has 1 N–H and O–H groups in total. The van der Waals surface area contributed by atoms with Gasteiger partial charge in [0.2, 0.25) is 0 Å². The van der Waals surface area contributed by atoms with Gasteiger partial charge in [-0.15, -0.1) is 32.9 Å². The molecule has 0 atom stereocenters. The number of fused-ring (bicyclic) bond motifs is 2. The molecule has 188 valence electrons. The number of hydrogen-bond donors (Lipinski definition) is 1. The summed E-state index contributed by atoms with van der Waals surface area (Å²) in [7, 11) is 0. The van der Waals surface area contributed by atoms with E-state index in [2.05, 4.69) is 30.6 Å². The molecule has 1 saturated heterocycles. The maximum atomic E-state index is 13.2. The molecule has 4 aromatic heterocycles. The van der Waals surface area contributed by atoms with E-state index < -0.39 is 0 Å². The molecule has 10 nitrogen and oxygen atoms in total. The number of aryl methyl sites for hydroxylation is 3. The van der Waals surface area contributed by atoms with E-state index in [-0.39, 0.29) is 17.7 Å². The minimum Gasteiger partial charge on any atom is -0.337 e. The monoisotopic (exact) mass is 532 g/mol. The molecule has 0 saturated carbocycles. The summed E-state index contributed by atoms with van der Waals surface area (Å²) < 4.78 is 2.76. The molecule has 0 bridgehead atoms. The van der Waals surface area contributed by atoms with E-state index in [4.69, 9.17) is 0 Å². The van der Waals surface area contributed by atoms with Crippen LogP contribution in [0.15, 0.2) is 29.6 Å². The number of anilines is 1. The number of amides is 2. The van der Waals surface area contributed by atoms with Gasteiger partial charge in [-0.3, -0.25) is 9.59 Å². The highest BCUT2D eigenvalue weighted by Crippen LogP contribution is 2.31. The van der Waals surface area contributed by atoms with Gasteiger partial charge in [-0.2, -0.15) is 5.10 Å². The maximum Gasteiger partial charge on any atom is 0.276 e. The lowest BCUT2D eigenvalue weighted by molar-refractivity contribution is 0.0704. The normalized spacial score (nSPS) is 14.5. The van der Waals surface area contributed by atoms with Gasteiger partial charge < -0.3 is 10.2 Å². The van der Waals surface area contributed by atoms with Crippen molar-refractivity contribution in [2.45, 2.75) is 39.5 Å². The predicted octanol–water partition coefficient (Wildman–Crippen LogP) is 4.39. The second-order valence-corrected chi connectivity index (χ2v) is 11.3. The molecule has 2 amide bonds. The number of rotatable bonds is 4. The zero-order valence-electron chi connectivity index (χ0n) is 20.6. The van der Waals surface area contributed by atoms with Gasteiger partial charge >= 0.3 is 0 Å². The van der Waals surface area contributed by atoms with Crippen molar-refractivity contribution in [2.24, 2.45) is 0 Å². The number of piperidine rings is 1.